The van der Waals surface area contributed by atoms with Gasteiger partial charge < -0.3 is 14.5 Å². The molecule has 2 saturated heterocycles. The molecule has 2 aliphatic rings. The molecule has 4 atom stereocenters. The largest absolute Gasteiger partial charge is 0.444 e. The van der Waals surface area contributed by atoms with E-state index in [1.54, 1.807) is 26.2 Å². The topological polar surface area (TPSA) is 87.2 Å². The Morgan fingerprint density at radius 1 is 1.11 bits per heavy atom. The van der Waals surface area contributed by atoms with Crippen molar-refractivity contribution in [3.05, 3.63) is 29.3 Å². The summed E-state index contributed by atoms with van der Waals surface area (Å²) in [5.74, 6) is 0.0400. The van der Waals surface area contributed by atoms with Crippen LogP contribution >= 0.6 is 11.6 Å². The van der Waals surface area contributed by atoms with E-state index in [1.807, 2.05) is 34.6 Å². The lowest BCUT2D eigenvalue weighted by Gasteiger charge is -2.45. The summed E-state index contributed by atoms with van der Waals surface area (Å²) in [6.07, 6.45) is 2.21. The Morgan fingerprint density at radius 2 is 1.76 bits per heavy atom. The highest BCUT2D eigenvalue weighted by molar-refractivity contribution is 7.89. The summed E-state index contributed by atoms with van der Waals surface area (Å²) in [7, 11) is -3.83. The standard InChI is InChI=1S/C27H42ClN3O5S/c1-6-29(7-2)26(32)21-9-8-16-30(18-21)27(33)36-25-15-10-20(5)31(24(25)17-19(3)4)37(34,35)23-13-11-22(28)12-14-23/h11-14,19-21,24-25H,6-10,15-18H2,1-5H3/t20?,21?,24?,25-/m0/s1. The predicted octanol–water partition coefficient (Wildman–Crippen LogP) is 5.01. The molecule has 0 N–H and O–H groups in total. The zero-order valence-corrected chi connectivity index (χ0v) is 24.3. The molecule has 1 aromatic rings. The normalized spacial score (nSPS) is 25.2. The van der Waals surface area contributed by atoms with Gasteiger partial charge in [0, 0.05) is 37.2 Å². The highest BCUT2D eigenvalue weighted by Crippen LogP contribution is 2.35. The van der Waals surface area contributed by atoms with E-state index in [1.165, 1.54) is 12.1 Å². The number of carbonyl (C=O) groups excluding carboxylic acids is 2. The van der Waals surface area contributed by atoms with Crippen LogP contribution in [0, 0.1) is 11.8 Å². The summed E-state index contributed by atoms with van der Waals surface area (Å²) in [6.45, 7) is 12.1. The minimum absolute atomic E-state index is 0.0758. The molecule has 2 aliphatic heterocycles. The molecular formula is C27H42ClN3O5S. The van der Waals surface area contributed by atoms with Gasteiger partial charge in [-0.15, -0.1) is 0 Å². The molecule has 10 heteroatoms. The van der Waals surface area contributed by atoms with Crippen LogP contribution in [0.5, 0.6) is 0 Å². The van der Waals surface area contributed by atoms with Gasteiger partial charge in [-0.05, 0) is 83.1 Å². The predicted molar refractivity (Wildman–Crippen MR) is 145 cm³/mol. The Hall–Kier alpha value is -1.84. The second-order valence-electron chi connectivity index (χ2n) is 10.6. The van der Waals surface area contributed by atoms with Gasteiger partial charge in [0.05, 0.1) is 16.9 Å². The summed E-state index contributed by atoms with van der Waals surface area (Å²) in [5, 5.41) is 0.468. The first-order valence-electron chi connectivity index (χ1n) is 13.5. The van der Waals surface area contributed by atoms with Crippen molar-refractivity contribution < 1.29 is 22.7 Å². The third-order valence-electron chi connectivity index (χ3n) is 7.52. The van der Waals surface area contributed by atoms with Gasteiger partial charge in [0.2, 0.25) is 15.9 Å². The van der Waals surface area contributed by atoms with Crippen molar-refractivity contribution in [2.45, 2.75) is 89.8 Å². The molecule has 2 amide bonds. The fourth-order valence-corrected chi connectivity index (χ4v) is 7.58. The molecule has 37 heavy (non-hydrogen) atoms. The van der Waals surface area contributed by atoms with Crippen LogP contribution in [0.3, 0.4) is 0 Å². The van der Waals surface area contributed by atoms with Crippen LogP contribution in [0.25, 0.3) is 0 Å². The number of benzene rings is 1. The minimum atomic E-state index is -3.83. The Bertz CT molecular complexity index is 1030. The third kappa shape index (κ3) is 6.98. The van der Waals surface area contributed by atoms with Gasteiger partial charge in [-0.3, -0.25) is 4.79 Å². The zero-order valence-electron chi connectivity index (χ0n) is 22.7. The Kier molecular flexibility index (Phi) is 10.3. The zero-order chi connectivity index (χ0) is 27.3. The van der Waals surface area contributed by atoms with E-state index in [4.69, 9.17) is 16.3 Å². The van der Waals surface area contributed by atoms with E-state index in [0.717, 1.165) is 12.8 Å². The maximum atomic E-state index is 13.8. The molecule has 1 aromatic carbocycles. The average Bonchev–Trinajstić information content (AvgIpc) is 2.86. The van der Waals surface area contributed by atoms with Crippen molar-refractivity contribution in [2.75, 3.05) is 26.2 Å². The van der Waals surface area contributed by atoms with E-state index in [2.05, 4.69) is 0 Å². The van der Waals surface area contributed by atoms with E-state index in [9.17, 15) is 18.0 Å². The lowest BCUT2D eigenvalue weighted by Crippen LogP contribution is -2.57. The van der Waals surface area contributed by atoms with Crippen LogP contribution in [-0.4, -0.2) is 78.9 Å². The van der Waals surface area contributed by atoms with E-state index < -0.39 is 28.3 Å². The fraction of sp³-hybridized carbons (Fsp3) is 0.704. The van der Waals surface area contributed by atoms with Crippen molar-refractivity contribution in [2.24, 2.45) is 11.8 Å². The molecule has 0 radical (unpaired) electrons. The number of amides is 2. The molecule has 0 bridgehead atoms. The average molecular weight is 556 g/mol. The number of hydrogen-bond acceptors (Lipinski definition) is 5. The number of sulfonamides is 1. The van der Waals surface area contributed by atoms with Crippen LogP contribution in [0.4, 0.5) is 4.79 Å². The van der Waals surface area contributed by atoms with Crippen LogP contribution in [0.1, 0.15) is 66.7 Å². The molecule has 2 fully saturated rings. The number of halogens is 1. The Balaban J connectivity index is 1.80. The second-order valence-corrected chi connectivity index (χ2v) is 12.9. The van der Waals surface area contributed by atoms with Crippen molar-refractivity contribution in [1.29, 1.82) is 0 Å². The third-order valence-corrected chi connectivity index (χ3v) is 9.82. The summed E-state index contributed by atoms with van der Waals surface area (Å²) < 4.78 is 35.1. The Morgan fingerprint density at radius 3 is 2.35 bits per heavy atom. The Labute approximate surface area is 227 Å². The summed E-state index contributed by atoms with van der Waals surface area (Å²) in [5.41, 5.74) is 0. The second kappa shape index (κ2) is 12.8. The van der Waals surface area contributed by atoms with Gasteiger partial charge in [-0.25, -0.2) is 13.2 Å². The molecule has 8 nitrogen and oxygen atoms in total. The van der Waals surface area contributed by atoms with Crippen LogP contribution in [-0.2, 0) is 19.6 Å². The van der Waals surface area contributed by atoms with Crippen molar-refractivity contribution >= 4 is 33.6 Å². The van der Waals surface area contributed by atoms with E-state index in [-0.39, 0.29) is 28.7 Å². The summed E-state index contributed by atoms with van der Waals surface area (Å²) in [6, 6.07) is 5.48. The number of rotatable bonds is 8. The van der Waals surface area contributed by atoms with Gasteiger partial charge in [0.1, 0.15) is 6.10 Å². The van der Waals surface area contributed by atoms with Crippen LogP contribution in [0.15, 0.2) is 29.2 Å². The number of piperidine rings is 2. The number of nitrogens with zero attached hydrogens (tertiary/aromatic N) is 3. The quantitative estimate of drug-likeness (QED) is 0.450. The molecule has 0 aromatic heterocycles. The smallest absolute Gasteiger partial charge is 0.410 e. The SMILES string of the molecule is CCN(CC)C(=O)C1CCCN(C(=O)O[C@H]2CCC(C)N(S(=O)(=O)c3ccc(Cl)cc3)C2CC(C)C)C1. The highest BCUT2D eigenvalue weighted by Gasteiger charge is 2.45. The van der Waals surface area contributed by atoms with Crippen LogP contribution < -0.4 is 0 Å². The lowest BCUT2D eigenvalue weighted by atomic mass is 9.90. The van der Waals surface area contributed by atoms with Gasteiger partial charge in [-0.2, -0.15) is 4.31 Å². The minimum Gasteiger partial charge on any atom is -0.444 e. The molecule has 3 unspecified atom stereocenters. The summed E-state index contributed by atoms with van der Waals surface area (Å²) >= 11 is 6.00. The lowest BCUT2D eigenvalue weighted by molar-refractivity contribution is -0.136. The first kappa shape index (κ1) is 29.7. The van der Waals surface area contributed by atoms with Gasteiger partial charge >= 0.3 is 6.09 Å². The number of carbonyl (C=O) groups is 2. The highest BCUT2D eigenvalue weighted by atomic mass is 35.5. The molecule has 0 spiro atoms. The molecule has 208 valence electrons. The fourth-order valence-electron chi connectivity index (χ4n) is 5.58. The van der Waals surface area contributed by atoms with Crippen molar-refractivity contribution in [3.8, 4) is 0 Å². The van der Waals surface area contributed by atoms with Gasteiger partial charge in [-0.1, -0.05) is 25.4 Å². The number of likely N-dealkylation sites (tertiary alicyclic amines) is 1. The molecule has 3 rings (SSSR count). The molecule has 2 heterocycles. The summed E-state index contributed by atoms with van der Waals surface area (Å²) in [4.78, 5) is 29.8. The van der Waals surface area contributed by atoms with Crippen molar-refractivity contribution in [3.63, 3.8) is 0 Å². The first-order chi connectivity index (χ1) is 17.5. The number of hydrogen-bond donors (Lipinski definition) is 0. The first-order valence-corrected chi connectivity index (χ1v) is 15.3. The van der Waals surface area contributed by atoms with Crippen LogP contribution in [0.2, 0.25) is 5.02 Å². The van der Waals surface area contributed by atoms with E-state index >= 15 is 0 Å². The van der Waals surface area contributed by atoms with Crippen molar-refractivity contribution in [1.82, 2.24) is 14.1 Å². The van der Waals surface area contributed by atoms with E-state index in [0.29, 0.717) is 50.5 Å². The molecule has 0 saturated carbocycles. The number of ether oxygens (including phenoxy) is 1. The maximum absolute atomic E-state index is 13.8. The van der Waals surface area contributed by atoms with Gasteiger partial charge in [0.15, 0.2) is 0 Å². The molecule has 0 aliphatic carbocycles. The molecular weight excluding hydrogens is 514 g/mol. The monoisotopic (exact) mass is 555 g/mol. The maximum Gasteiger partial charge on any atom is 0.410 e. The van der Waals surface area contributed by atoms with Gasteiger partial charge in [0.25, 0.3) is 0 Å².